The Kier molecular flexibility index (Phi) is 5.34. The van der Waals surface area contributed by atoms with Crippen LogP contribution in [0.15, 0.2) is 47.4 Å². The van der Waals surface area contributed by atoms with Crippen molar-refractivity contribution in [3.05, 3.63) is 62.8 Å². The van der Waals surface area contributed by atoms with E-state index in [1.807, 2.05) is 45.0 Å². The molecule has 0 N–H and O–H groups in total. The smallest absolute Gasteiger partial charge is 0.313 e. The Hall–Kier alpha value is -2.77. The van der Waals surface area contributed by atoms with Crippen LogP contribution in [0.25, 0.3) is 21.0 Å². The maximum atomic E-state index is 13.0. The summed E-state index contributed by atoms with van der Waals surface area (Å²) >= 11 is 7.82. The van der Waals surface area contributed by atoms with Crippen LogP contribution >= 0.6 is 22.9 Å². The van der Waals surface area contributed by atoms with Gasteiger partial charge in [0.15, 0.2) is 0 Å². The van der Waals surface area contributed by atoms with Crippen molar-refractivity contribution in [1.82, 2.24) is 14.8 Å². The molecule has 0 saturated carbocycles. The molecule has 0 atom stereocenters. The molecule has 154 valence electrons. The lowest BCUT2D eigenvalue weighted by molar-refractivity contribution is -0.136. The molecule has 6 nitrogen and oxygen atoms in total. The summed E-state index contributed by atoms with van der Waals surface area (Å²) in [5.74, 6) is -0.376. The molecule has 0 bridgehead atoms. The third kappa shape index (κ3) is 4.22. The number of fused-ring (bicyclic) bond motifs is 2. The summed E-state index contributed by atoms with van der Waals surface area (Å²) in [6, 6.07) is 11.0. The van der Waals surface area contributed by atoms with E-state index in [0.29, 0.717) is 10.4 Å². The minimum atomic E-state index is -0.416. The largest absolute Gasteiger partial charge is 0.403 e. The molecule has 4 aromatic rings. The Morgan fingerprint density at radius 1 is 1.20 bits per heavy atom. The molecule has 0 fully saturated rings. The quantitative estimate of drug-likeness (QED) is 0.414. The number of esters is 1. The Morgan fingerprint density at radius 2 is 2.00 bits per heavy atom. The van der Waals surface area contributed by atoms with Gasteiger partial charge in [0, 0.05) is 26.2 Å². The Balaban J connectivity index is 1.76. The minimum absolute atomic E-state index is 0.0404. The highest BCUT2D eigenvalue weighted by molar-refractivity contribution is 7.19. The first kappa shape index (κ1) is 20.5. The maximum absolute atomic E-state index is 13.0. The normalized spacial score (nSPS) is 11.9. The first-order chi connectivity index (χ1) is 14.2. The number of carbonyl (C=O) groups excluding carboxylic acids is 1. The van der Waals surface area contributed by atoms with Crippen LogP contribution in [0.3, 0.4) is 0 Å². The molecule has 4 rings (SSSR count). The van der Waals surface area contributed by atoms with Crippen molar-refractivity contribution >= 4 is 49.9 Å². The molecule has 0 spiro atoms. The van der Waals surface area contributed by atoms with Crippen LogP contribution in [0.5, 0.6) is 5.88 Å². The van der Waals surface area contributed by atoms with Crippen molar-refractivity contribution in [2.75, 3.05) is 0 Å². The first-order valence-corrected chi connectivity index (χ1v) is 10.6. The molecule has 0 aliphatic heterocycles. The molecule has 3 heterocycles. The van der Waals surface area contributed by atoms with Crippen LogP contribution < -0.4 is 10.3 Å². The molecule has 1 aromatic carbocycles. The number of benzene rings is 1. The van der Waals surface area contributed by atoms with Crippen molar-refractivity contribution < 1.29 is 9.53 Å². The van der Waals surface area contributed by atoms with Crippen molar-refractivity contribution in [2.45, 2.75) is 33.7 Å². The SMILES string of the molecule is CC(C)(C)CC(=O)Oc1nn(Cc2cc3c(Cl)cccc3s2)c(=O)c2cccnc12. The van der Waals surface area contributed by atoms with Crippen LogP contribution in [0.4, 0.5) is 0 Å². The van der Waals surface area contributed by atoms with Gasteiger partial charge in [-0.15, -0.1) is 16.4 Å². The van der Waals surface area contributed by atoms with Gasteiger partial charge in [-0.3, -0.25) is 14.6 Å². The van der Waals surface area contributed by atoms with E-state index in [9.17, 15) is 9.59 Å². The van der Waals surface area contributed by atoms with Crippen LogP contribution in [-0.4, -0.2) is 20.7 Å². The van der Waals surface area contributed by atoms with E-state index in [2.05, 4.69) is 10.1 Å². The number of nitrogens with zero attached hydrogens (tertiary/aromatic N) is 3. The van der Waals surface area contributed by atoms with Gasteiger partial charge in [-0.05, 0) is 35.7 Å². The number of halogens is 1. The third-order valence-electron chi connectivity index (χ3n) is 4.44. The lowest BCUT2D eigenvalue weighted by Crippen LogP contribution is -2.26. The molecule has 0 amide bonds. The van der Waals surface area contributed by atoms with Crippen molar-refractivity contribution in [2.24, 2.45) is 5.41 Å². The zero-order chi connectivity index (χ0) is 21.5. The molecule has 0 saturated heterocycles. The van der Waals surface area contributed by atoms with Gasteiger partial charge < -0.3 is 4.74 Å². The summed E-state index contributed by atoms with van der Waals surface area (Å²) in [5, 5.41) is 6.28. The van der Waals surface area contributed by atoms with Crippen molar-refractivity contribution in [3.63, 3.8) is 0 Å². The van der Waals surface area contributed by atoms with E-state index in [4.69, 9.17) is 16.3 Å². The van der Waals surface area contributed by atoms with E-state index in [1.165, 1.54) is 4.68 Å². The lowest BCUT2D eigenvalue weighted by Gasteiger charge is -2.16. The number of hydrogen-bond acceptors (Lipinski definition) is 6. The zero-order valence-electron chi connectivity index (χ0n) is 16.8. The summed E-state index contributed by atoms with van der Waals surface area (Å²) in [6.07, 6.45) is 1.76. The standard InChI is InChI=1S/C22H20ClN3O3S/c1-22(2,3)11-18(27)29-20-19-14(6-5-9-24-19)21(28)26(25-20)12-13-10-15-16(23)7-4-8-17(15)30-13/h4-10H,11-12H2,1-3H3. The molecule has 0 unspecified atom stereocenters. The number of thiophene rings is 1. The average Bonchev–Trinajstić information content (AvgIpc) is 3.08. The number of rotatable bonds is 4. The third-order valence-corrected chi connectivity index (χ3v) is 5.85. The van der Waals surface area contributed by atoms with Gasteiger partial charge in [0.05, 0.1) is 18.4 Å². The highest BCUT2D eigenvalue weighted by atomic mass is 35.5. The average molecular weight is 442 g/mol. The molecule has 30 heavy (non-hydrogen) atoms. The lowest BCUT2D eigenvalue weighted by atomic mass is 9.92. The van der Waals surface area contributed by atoms with E-state index < -0.39 is 5.97 Å². The van der Waals surface area contributed by atoms with Gasteiger partial charge in [0.25, 0.3) is 11.4 Å². The molecule has 3 aromatic heterocycles. The zero-order valence-corrected chi connectivity index (χ0v) is 18.4. The fourth-order valence-electron chi connectivity index (χ4n) is 3.15. The Morgan fingerprint density at radius 3 is 2.73 bits per heavy atom. The molecule has 8 heteroatoms. The highest BCUT2D eigenvalue weighted by Gasteiger charge is 2.21. The van der Waals surface area contributed by atoms with Crippen LogP contribution in [0.2, 0.25) is 5.02 Å². The minimum Gasteiger partial charge on any atom is -0.403 e. The van der Waals surface area contributed by atoms with Gasteiger partial charge in [0.1, 0.15) is 5.52 Å². The predicted octanol–water partition coefficient (Wildman–Crippen LogP) is 5.05. The van der Waals surface area contributed by atoms with E-state index in [1.54, 1.807) is 29.7 Å². The van der Waals surface area contributed by atoms with E-state index in [0.717, 1.165) is 15.0 Å². The van der Waals surface area contributed by atoms with Gasteiger partial charge in [0.2, 0.25) is 0 Å². The van der Waals surface area contributed by atoms with Gasteiger partial charge >= 0.3 is 5.97 Å². The van der Waals surface area contributed by atoms with E-state index in [-0.39, 0.29) is 35.3 Å². The fourth-order valence-corrected chi connectivity index (χ4v) is 4.50. The van der Waals surface area contributed by atoms with Crippen molar-refractivity contribution in [3.8, 4) is 5.88 Å². The second-order valence-corrected chi connectivity index (χ2v) is 9.82. The summed E-state index contributed by atoms with van der Waals surface area (Å²) in [5.41, 5.74) is -0.247. The topological polar surface area (TPSA) is 74.1 Å². The number of carbonyl (C=O) groups is 1. The molecule has 0 aliphatic carbocycles. The van der Waals surface area contributed by atoms with Crippen LogP contribution in [0, 0.1) is 5.41 Å². The Bertz CT molecular complexity index is 1320. The van der Waals surface area contributed by atoms with Crippen LogP contribution in [-0.2, 0) is 11.3 Å². The summed E-state index contributed by atoms with van der Waals surface area (Å²) in [7, 11) is 0. The van der Waals surface area contributed by atoms with Crippen molar-refractivity contribution in [1.29, 1.82) is 0 Å². The molecular weight excluding hydrogens is 422 g/mol. The fraction of sp³-hybridized carbons (Fsp3) is 0.273. The second-order valence-electron chi connectivity index (χ2n) is 8.24. The number of ether oxygens (including phenoxy) is 1. The number of aromatic nitrogens is 3. The molecule has 0 radical (unpaired) electrons. The first-order valence-electron chi connectivity index (χ1n) is 9.45. The second kappa shape index (κ2) is 7.81. The summed E-state index contributed by atoms with van der Waals surface area (Å²) in [4.78, 5) is 30.5. The molecular formula is C22H20ClN3O3S. The predicted molar refractivity (Wildman–Crippen MR) is 119 cm³/mol. The maximum Gasteiger partial charge on any atom is 0.313 e. The van der Waals surface area contributed by atoms with E-state index >= 15 is 0 Å². The van der Waals surface area contributed by atoms with Gasteiger partial charge in [-0.1, -0.05) is 38.4 Å². The highest BCUT2D eigenvalue weighted by Crippen LogP contribution is 2.31. The van der Waals surface area contributed by atoms with Gasteiger partial charge in [-0.25, -0.2) is 4.68 Å². The monoisotopic (exact) mass is 441 g/mol. The molecule has 0 aliphatic rings. The number of pyridine rings is 1. The van der Waals surface area contributed by atoms with Gasteiger partial charge in [-0.2, -0.15) is 0 Å². The van der Waals surface area contributed by atoms with Crippen LogP contribution in [0.1, 0.15) is 32.1 Å². The summed E-state index contributed by atoms with van der Waals surface area (Å²) < 4.78 is 7.87. The number of hydrogen-bond donors (Lipinski definition) is 0. The Labute approximate surface area is 182 Å². The summed E-state index contributed by atoms with van der Waals surface area (Å²) in [6.45, 7) is 6.09.